The number of aryl methyl sites for hydroxylation is 1. The Kier molecular flexibility index (Phi) is 4.74. The minimum Gasteiger partial charge on any atom is -0.495 e. The van der Waals surface area contributed by atoms with Gasteiger partial charge in [0.1, 0.15) is 5.75 Å². The van der Waals surface area contributed by atoms with E-state index in [9.17, 15) is 0 Å². The van der Waals surface area contributed by atoms with Crippen molar-refractivity contribution in [3.8, 4) is 5.75 Å². The lowest BCUT2D eigenvalue weighted by Crippen LogP contribution is -2.16. The average molecular weight is 316 g/mol. The maximum Gasteiger partial charge on any atom is 0.137 e. The van der Waals surface area contributed by atoms with Gasteiger partial charge in [0.05, 0.1) is 23.2 Å². The number of hydrogen-bond donors (Lipinski definition) is 1. The lowest BCUT2D eigenvalue weighted by atomic mass is 10.0. The van der Waals surface area contributed by atoms with Crippen LogP contribution in [0.5, 0.6) is 5.75 Å². The maximum atomic E-state index is 6.34. The molecule has 1 aromatic carbocycles. The zero-order valence-corrected chi connectivity index (χ0v) is 13.3. The van der Waals surface area contributed by atoms with Crippen molar-refractivity contribution in [1.82, 2.24) is 5.32 Å². The summed E-state index contributed by atoms with van der Waals surface area (Å²) in [6, 6.07) is 5.82. The van der Waals surface area contributed by atoms with Crippen LogP contribution in [0.15, 0.2) is 23.6 Å². The van der Waals surface area contributed by atoms with Crippen molar-refractivity contribution >= 4 is 34.5 Å². The third kappa shape index (κ3) is 2.90. The summed E-state index contributed by atoms with van der Waals surface area (Å²) >= 11 is 14.2. The fourth-order valence-corrected chi connectivity index (χ4v) is 3.66. The van der Waals surface area contributed by atoms with Gasteiger partial charge in [-0.25, -0.2) is 0 Å². The largest absolute Gasteiger partial charge is 0.495 e. The monoisotopic (exact) mass is 315 g/mol. The van der Waals surface area contributed by atoms with Gasteiger partial charge < -0.3 is 10.1 Å². The van der Waals surface area contributed by atoms with E-state index in [1.54, 1.807) is 18.4 Å². The minimum absolute atomic E-state index is 0.0367. The van der Waals surface area contributed by atoms with Crippen molar-refractivity contribution in [3.05, 3.63) is 49.6 Å². The molecule has 0 radical (unpaired) electrons. The third-order valence-corrected chi connectivity index (χ3v) is 5.06. The second-order valence-electron chi connectivity index (χ2n) is 4.21. The van der Waals surface area contributed by atoms with Crippen LogP contribution in [0.25, 0.3) is 0 Å². The van der Waals surface area contributed by atoms with E-state index in [0.29, 0.717) is 10.8 Å². The fraction of sp³-hybridized carbons (Fsp3) is 0.286. The Balaban J connectivity index is 2.42. The zero-order valence-electron chi connectivity index (χ0n) is 11.0. The maximum absolute atomic E-state index is 6.34. The summed E-state index contributed by atoms with van der Waals surface area (Å²) in [6.45, 7) is 2.01. The van der Waals surface area contributed by atoms with Crippen LogP contribution in [0.2, 0.25) is 10.0 Å². The smallest absolute Gasteiger partial charge is 0.137 e. The van der Waals surface area contributed by atoms with Crippen LogP contribution < -0.4 is 10.1 Å². The van der Waals surface area contributed by atoms with E-state index >= 15 is 0 Å². The Labute approximate surface area is 127 Å². The van der Waals surface area contributed by atoms with Crippen LogP contribution in [0.3, 0.4) is 0 Å². The Hall–Kier alpha value is -0.740. The summed E-state index contributed by atoms with van der Waals surface area (Å²) in [5.74, 6) is 0.675. The van der Waals surface area contributed by atoms with Gasteiger partial charge >= 0.3 is 0 Å². The topological polar surface area (TPSA) is 21.3 Å². The lowest BCUT2D eigenvalue weighted by molar-refractivity contribution is 0.414. The molecule has 0 bridgehead atoms. The average Bonchev–Trinajstić information content (AvgIpc) is 2.72. The number of rotatable bonds is 4. The Bertz CT molecular complexity index is 583. The van der Waals surface area contributed by atoms with E-state index in [2.05, 4.69) is 10.7 Å². The molecule has 2 nitrogen and oxygen atoms in total. The molecule has 1 N–H and O–H groups in total. The zero-order chi connectivity index (χ0) is 14.0. The van der Waals surface area contributed by atoms with Crippen molar-refractivity contribution < 1.29 is 4.74 Å². The summed E-state index contributed by atoms with van der Waals surface area (Å²) < 4.78 is 5.17. The van der Waals surface area contributed by atoms with Gasteiger partial charge in [-0.2, -0.15) is 0 Å². The molecule has 2 rings (SSSR count). The molecule has 1 atom stereocenters. The van der Waals surface area contributed by atoms with Gasteiger partial charge in [-0.15, -0.1) is 11.3 Å². The minimum atomic E-state index is 0.0367. The quantitative estimate of drug-likeness (QED) is 0.884. The molecule has 0 fully saturated rings. The molecule has 1 aromatic heterocycles. The fourth-order valence-electron chi connectivity index (χ4n) is 1.96. The van der Waals surface area contributed by atoms with Gasteiger partial charge in [0.2, 0.25) is 0 Å². The lowest BCUT2D eigenvalue weighted by Gasteiger charge is -2.17. The predicted octanol–water partition coefficient (Wildman–Crippen LogP) is 4.68. The van der Waals surface area contributed by atoms with Crippen molar-refractivity contribution in [1.29, 1.82) is 0 Å². The van der Waals surface area contributed by atoms with E-state index in [-0.39, 0.29) is 6.04 Å². The molecule has 5 heteroatoms. The summed E-state index contributed by atoms with van der Waals surface area (Å²) in [5.41, 5.74) is 2.17. The van der Waals surface area contributed by atoms with Crippen molar-refractivity contribution in [2.24, 2.45) is 0 Å². The molecule has 0 saturated carbocycles. The Morgan fingerprint density at radius 2 is 2.05 bits per heavy atom. The number of hydrogen-bond acceptors (Lipinski definition) is 3. The van der Waals surface area contributed by atoms with E-state index in [1.807, 2.05) is 32.2 Å². The van der Waals surface area contributed by atoms with Gasteiger partial charge in [0.25, 0.3) is 0 Å². The standard InChI is InChI=1S/C14H15Cl2NOS/c1-8-7-19-14(12(8)16)13(17-2)9-4-5-11(18-3)10(15)6-9/h4-7,13,17H,1-3H3. The van der Waals surface area contributed by atoms with E-state index in [1.165, 1.54) is 0 Å². The first kappa shape index (κ1) is 14.7. The molecule has 0 amide bonds. The number of nitrogens with one attached hydrogen (secondary N) is 1. The first-order chi connectivity index (χ1) is 9.08. The van der Waals surface area contributed by atoms with Crippen LogP contribution in [-0.4, -0.2) is 14.2 Å². The van der Waals surface area contributed by atoms with Crippen molar-refractivity contribution in [3.63, 3.8) is 0 Å². The van der Waals surface area contributed by atoms with Gasteiger partial charge in [0.15, 0.2) is 0 Å². The Morgan fingerprint density at radius 1 is 1.32 bits per heavy atom. The van der Waals surface area contributed by atoms with Gasteiger partial charge in [-0.1, -0.05) is 29.3 Å². The second-order valence-corrected chi connectivity index (χ2v) is 5.91. The van der Waals surface area contributed by atoms with Gasteiger partial charge in [0, 0.05) is 4.88 Å². The molecule has 19 heavy (non-hydrogen) atoms. The normalized spacial score (nSPS) is 12.5. The van der Waals surface area contributed by atoms with E-state index in [0.717, 1.165) is 21.0 Å². The van der Waals surface area contributed by atoms with Crippen LogP contribution in [-0.2, 0) is 0 Å². The van der Waals surface area contributed by atoms with Crippen molar-refractivity contribution in [2.45, 2.75) is 13.0 Å². The molecule has 102 valence electrons. The Morgan fingerprint density at radius 3 is 2.53 bits per heavy atom. The predicted molar refractivity (Wildman–Crippen MR) is 83.0 cm³/mol. The number of thiophene rings is 1. The molecule has 0 aliphatic rings. The summed E-state index contributed by atoms with van der Waals surface area (Å²) in [4.78, 5) is 1.10. The van der Waals surface area contributed by atoms with Crippen molar-refractivity contribution in [2.75, 3.05) is 14.2 Å². The van der Waals surface area contributed by atoms with Crippen LogP contribution >= 0.6 is 34.5 Å². The highest BCUT2D eigenvalue weighted by atomic mass is 35.5. The number of benzene rings is 1. The molecular weight excluding hydrogens is 301 g/mol. The highest BCUT2D eigenvalue weighted by Gasteiger charge is 2.19. The first-order valence-corrected chi connectivity index (χ1v) is 7.46. The molecule has 1 heterocycles. The summed E-state index contributed by atoms with van der Waals surface area (Å²) in [5, 5.41) is 6.76. The van der Waals surface area contributed by atoms with Gasteiger partial charge in [-0.3, -0.25) is 0 Å². The van der Waals surface area contributed by atoms with Crippen LogP contribution in [0.1, 0.15) is 22.0 Å². The van der Waals surface area contributed by atoms with E-state index in [4.69, 9.17) is 27.9 Å². The van der Waals surface area contributed by atoms with Crippen LogP contribution in [0, 0.1) is 6.92 Å². The highest BCUT2D eigenvalue weighted by molar-refractivity contribution is 7.10. The first-order valence-electron chi connectivity index (χ1n) is 5.82. The van der Waals surface area contributed by atoms with Crippen LogP contribution in [0.4, 0.5) is 0 Å². The third-order valence-electron chi connectivity index (χ3n) is 2.99. The summed E-state index contributed by atoms with van der Waals surface area (Å²) in [6.07, 6.45) is 0. The highest BCUT2D eigenvalue weighted by Crippen LogP contribution is 2.37. The number of halogens is 2. The molecule has 0 saturated heterocycles. The molecule has 0 spiro atoms. The van der Waals surface area contributed by atoms with E-state index < -0.39 is 0 Å². The summed E-state index contributed by atoms with van der Waals surface area (Å²) in [7, 11) is 3.52. The SMILES string of the molecule is CNC(c1ccc(OC)c(Cl)c1)c1scc(C)c1Cl. The molecule has 2 aromatic rings. The molecule has 1 unspecified atom stereocenters. The molecule has 0 aliphatic heterocycles. The number of methoxy groups -OCH3 is 1. The second kappa shape index (κ2) is 6.14. The van der Waals surface area contributed by atoms with Gasteiger partial charge in [-0.05, 0) is 42.6 Å². The molecule has 0 aliphatic carbocycles. The number of ether oxygens (including phenoxy) is 1. The molecular formula is C14H15Cl2NOS.